The van der Waals surface area contributed by atoms with Crippen molar-refractivity contribution in [1.29, 1.82) is 0 Å². The Labute approximate surface area is 187 Å². The number of aryl methyl sites for hydroxylation is 1. The molecule has 0 aliphatic carbocycles. The Bertz CT molecular complexity index is 1380. The fourth-order valence-corrected chi connectivity index (χ4v) is 5.42. The zero-order valence-electron chi connectivity index (χ0n) is 17.6. The molecule has 3 rings (SSSR count). The van der Waals surface area contributed by atoms with Gasteiger partial charge in [0.2, 0.25) is 0 Å². The number of ketones is 1. The number of anilines is 2. The Hall–Kier alpha value is -3.37. The predicted molar refractivity (Wildman–Crippen MR) is 122 cm³/mol. The van der Waals surface area contributed by atoms with Crippen molar-refractivity contribution in [1.82, 2.24) is 0 Å². The predicted octanol–water partition coefficient (Wildman–Crippen LogP) is 3.81. The summed E-state index contributed by atoms with van der Waals surface area (Å²) in [6.07, 6.45) is 0. The number of hydrogen-bond donors (Lipinski definition) is 2. The van der Waals surface area contributed by atoms with Crippen molar-refractivity contribution in [3.05, 3.63) is 77.9 Å². The number of Topliss-reactive ketones (excluding diaryl/α,β-unsaturated/α-hetero) is 1. The topological polar surface area (TPSA) is 119 Å². The molecule has 0 bridgehead atoms. The summed E-state index contributed by atoms with van der Waals surface area (Å²) in [7, 11) is -6.67. The van der Waals surface area contributed by atoms with E-state index in [0.717, 1.165) is 0 Å². The third kappa shape index (κ3) is 5.09. The highest BCUT2D eigenvalue weighted by molar-refractivity contribution is 7.93. The van der Waals surface area contributed by atoms with Crippen molar-refractivity contribution >= 4 is 37.2 Å². The number of rotatable bonds is 8. The van der Waals surface area contributed by atoms with Gasteiger partial charge in [0.15, 0.2) is 5.78 Å². The minimum absolute atomic E-state index is 0.0595. The molecule has 168 valence electrons. The molecule has 0 amide bonds. The van der Waals surface area contributed by atoms with Crippen LogP contribution in [-0.2, 0) is 20.0 Å². The SMILES string of the molecule is COc1ccccc1NS(=O)(=O)c1cc(NS(=O)(=O)c2cccc(C(C)=O)c2)ccc1C. The van der Waals surface area contributed by atoms with Crippen LogP contribution in [0.3, 0.4) is 0 Å². The van der Waals surface area contributed by atoms with E-state index in [4.69, 9.17) is 4.74 Å². The number of para-hydroxylation sites is 2. The second-order valence-corrected chi connectivity index (χ2v) is 10.3. The molecule has 2 N–H and O–H groups in total. The molecule has 0 radical (unpaired) electrons. The van der Waals surface area contributed by atoms with Gasteiger partial charge in [0, 0.05) is 5.56 Å². The zero-order valence-corrected chi connectivity index (χ0v) is 19.2. The lowest BCUT2D eigenvalue weighted by Gasteiger charge is -2.15. The van der Waals surface area contributed by atoms with E-state index < -0.39 is 20.0 Å². The maximum atomic E-state index is 13.0. The maximum absolute atomic E-state index is 13.0. The summed E-state index contributed by atoms with van der Waals surface area (Å²) in [5.41, 5.74) is 0.987. The molecular weight excluding hydrogens is 452 g/mol. The molecule has 0 heterocycles. The van der Waals surface area contributed by atoms with Gasteiger partial charge >= 0.3 is 0 Å². The summed E-state index contributed by atoms with van der Waals surface area (Å²) in [5, 5.41) is 0. The fourth-order valence-electron chi connectivity index (χ4n) is 2.98. The highest BCUT2D eigenvalue weighted by atomic mass is 32.2. The van der Waals surface area contributed by atoms with E-state index in [1.54, 1.807) is 31.2 Å². The molecule has 3 aromatic carbocycles. The van der Waals surface area contributed by atoms with Gasteiger partial charge in [-0.15, -0.1) is 0 Å². The van der Waals surface area contributed by atoms with Gasteiger partial charge in [-0.25, -0.2) is 16.8 Å². The number of carbonyl (C=O) groups excluding carboxylic acids is 1. The average molecular weight is 475 g/mol. The zero-order chi connectivity index (χ0) is 23.5. The third-order valence-electron chi connectivity index (χ3n) is 4.63. The van der Waals surface area contributed by atoms with E-state index in [0.29, 0.717) is 11.3 Å². The Morgan fingerprint density at radius 3 is 2.25 bits per heavy atom. The number of sulfonamides is 2. The number of ether oxygens (including phenoxy) is 1. The van der Waals surface area contributed by atoms with Crippen LogP contribution in [-0.4, -0.2) is 29.7 Å². The van der Waals surface area contributed by atoms with E-state index in [1.807, 2.05) is 0 Å². The molecule has 0 aromatic heterocycles. The van der Waals surface area contributed by atoms with Crippen molar-refractivity contribution < 1.29 is 26.4 Å². The summed E-state index contributed by atoms with van der Waals surface area (Å²) in [5.74, 6) is 0.0733. The van der Waals surface area contributed by atoms with Crippen LogP contribution in [0.2, 0.25) is 0 Å². The van der Waals surface area contributed by atoms with Crippen LogP contribution in [0, 0.1) is 6.92 Å². The quantitative estimate of drug-likeness (QED) is 0.479. The van der Waals surface area contributed by atoms with E-state index >= 15 is 0 Å². The van der Waals surface area contributed by atoms with Gasteiger partial charge in [-0.1, -0.05) is 30.3 Å². The van der Waals surface area contributed by atoms with Gasteiger partial charge in [-0.05, 0) is 55.8 Å². The van der Waals surface area contributed by atoms with E-state index in [-0.39, 0.29) is 32.5 Å². The van der Waals surface area contributed by atoms with Crippen molar-refractivity contribution in [2.45, 2.75) is 23.6 Å². The van der Waals surface area contributed by atoms with Crippen molar-refractivity contribution in [2.24, 2.45) is 0 Å². The van der Waals surface area contributed by atoms with Crippen LogP contribution in [0.4, 0.5) is 11.4 Å². The number of benzene rings is 3. The molecule has 0 unspecified atom stereocenters. The largest absolute Gasteiger partial charge is 0.495 e. The summed E-state index contributed by atoms with van der Waals surface area (Å²) in [4.78, 5) is 11.4. The van der Waals surface area contributed by atoms with Crippen LogP contribution in [0.1, 0.15) is 22.8 Å². The van der Waals surface area contributed by atoms with Crippen molar-refractivity contribution in [3.8, 4) is 5.75 Å². The molecule has 32 heavy (non-hydrogen) atoms. The van der Waals surface area contributed by atoms with Crippen molar-refractivity contribution in [3.63, 3.8) is 0 Å². The van der Waals surface area contributed by atoms with Gasteiger partial charge in [0.05, 0.1) is 28.3 Å². The molecule has 10 heteroatoms. The van der Waals surface area contributed by atoms with Gasteiger partial charge in [0.25, 0.3) is 20.0 Å². The first-order valence-corrected chi connectivity index (χ1v) is 12.4. The molecule has 0 aliphatic heterocycles. The molecule has 0 atom stereocenters. The summed E-state index contributed by atoms with van der Waals surface area (Å²) in [6.45, 7) is 2.94. The van der Waals surface area contributed by atoms with Crippen LogP contribution < -0.4 is 14.2 Å². The van der Waals surface area contributed by atoms with E-state index in [2.05, 4.69) is 9.44 Å². The van der Waals surface area contributed by atoms with E-state index in [9.17, 15) is 21.6 Å². The lowest BCUT2D eigenvalue weighted by molar-refractivity contribution is 0.101. The van der Waals surface area contributed by atoms with Crippen molar-refractivity contribution in [2.75, 3.05) is 16.6 Å². The molecule has 0 fully saturated rings. The fraction of sp³-hybridized carbons (Fsp3) is 0.136. The number of nitrogens with one attached hydrogen (secondary N) is 2. The van der Waals surface area contributed by atoms with Crippen LogP contribution in [0.5, 0.6) is 5.75 Å². The Kier molecular flexibility index (Phi) is 6.56. The Morgan fingerprint density at radius 2 is 1.56 bits per heavy atom. The second-order valence-electron chi connectivity index (χ2n) is 6.98. The first kappa shape index (κ1) is 23.3. The van der Waals surface area contributed by atoms with Gasteiger partial charge < -0.3 is 4.74 Å². The lowest BCUT2D eigenvalue weighted by atomic mass is 10.2. The monoisotopic (exact) mass is 474 g/mol. The smallest absolute Gasteiger partial charge is 0.262 e. The molecule has 3 aromatic rings. The molecule has 0 saturated carbocycles. The minimum Gasteiger partial charge on any atom is -0.495 e. The lowest BCUT2D eigenvalue weighted by Crippen LogP contribution is -2.17. The maximum Gasteiger partial charge on any atom is 0.262 e. The number of carbonyl (C=O) groups is 1. The van der Waals surface area contributed by atoms with Crippen LogP contribution in [0.15, 0.2) is 76.5 Å². The number of methoxy groups -OCH3 is 1. The number of hydrogen-bond acceptors (Lipinski definition) is 6. The summed E-state index contributed by atoms with van der Waals surface area (Å²) < 4.78 is 61.6. The second kappa shape index (κ2) is 9.01. The van der Waals surface area contributed by atoms with Gasteiger partial charge in [-0.2, -0.15) is 0 Å². The van der Waals surface area contributed by atoms with Gasteiger partial charge in [-0.3, -0.25) is 14.2 Å². The minimum atomic E-state index is -4.05. The summed E-state index contributed by atoms with van der Waals surface area (Å²) >= 11 is 0. The third-order valence-corrected chi connectivity index (χ3v) is 7.52. The Morgan fingerprint density at radius 1 is 0.844 bits per heavy atom. The highest BCUT2D eigenvalue weighted by Crippen LogP contribution is 2.29. The highest BCUT2D eigenvalue weighted by Gasteiger charge is 2.21. The van der Waals surface area contributed by atoms with Crippen LogP contribution in [0.25, 0.3) is 0 Å². The molecule has 0 saturated heterocycles. The van der Waals surface area contributed by atoms with Gasteiger partial charge in [0.1, 0.15) is 5.75 Å². The normalized spacial score (nSPS) is 11.6. The molecular formula is C22H22N2O6S2. The Balaban J connectivity index is 1.95. The van der Waals surface area contributed by atoms with Crippen LogP contribution >= 0.6 is 0 Å². The first-order valence-electron chi connectivity index (χ1n) is 9.44. The average Bonchev–Trinajstić information content (AvgIpc) is 2.75. The first-order chi connectivity index (χ1) is 15.0. The molecule has 0 aliphatic rings. The standard InChI is InChI=1S/C22H22N2O6S2/c1-15-11-12-18(23-31(26,27)19-8-6-7-17(13-19)16(2)25)14-22(15)32(28,29)24-20-9-4-5-10-21(20)30-3/h4-14,23-24H,1-3H3. The molecule has 8 nitrogen and oxygen atoms in total. The summed E-state index contributed by atoms with van der Waals surface area (Å²) in [6, 6.07) is 16.3. The van der Waals surface area contributed by atoms with E-state index in [1.165, 1.54) is 56.5 Å². The molecule has 0 spiro atoms.